The summed E-state index contributed by atoms with van der Waals surface area (Å²) in [5, 5.41) is 6.73. The maximum absolute atomic E-state index is 13.7. The molecule has 2 aliphatic carbocycles. The van der Waals surface area contributed by atoms with Crippen molar-refractivity contribution in [3.63, 3.8) is 0 Å². The molecule has 5 rings (SSSR count). The summed E-state index contributed by atoms with van der Waals surface area (Å²) in [5.41, 5.74) is 2.95. The van der Waals surface area contributed by atoms with Gasteiger partial charge in [-0.05, 0) is 48.9 Å². The van der Waals surface area contributed by atoms with Crippen molar-refractivity contribution in [1.29, 1.82) is 0 Å². The van der Waals surface area contributed by atoms with Gasteiger partial charge in [0.2, 0.25) is 0 Å². The van der Waals surface area contributed by atoms with E-state index in [0.29, 0.717) is 17.8 Å². The summed E-state index contributed by atoms with van der Waals surface area (Å²) in [4.78, 5) is 28.9. The van der Waals surface area contributed by atoms with Crippen LogP contribution in [0.4, 0.5) is 16.2 Å². The van der Waals surface area contributed by atoms with Gasteiger partial charge in [0.15, 0.2) is 5.78 Å². The number of anilines is 2. The van der Waals surface area contributed by atoms with E-state index in [-0.39, 0.29) is 23.3 Å². The molecule has 2 N–H and O–H groups in total. The SMILES string of the molecule is CC1(C)CC(=O)C2=C(C1)Nc1ccccc1N(C(=O)NC1CCCC1)[C@@H]2c1ccco1. The van der Waals surface area contributed by atoms with E-state index >= 15 is 0 Å². The second-order valence-electron chi connectivity index (χ2n) is 9.69. The molecule has 0 unspecified atom stereocenters. The molecule has 1 aromatic carbocycles. The Morgan fingerprint density at radius 1 is 1.13 bits per heavy atom. The predicted octanol–water partition coefficient (Wildman–Crippen LogP) is 5.55. The second kappa shape index (κ2) is 7.59. The number of fused-ring (bicyclic) bond motifs is 1. The molecule has 1 atom stereocenters. The number of hydrogen-bond acceptors (Lipinski definition) is 4. The molecular formula is C25H29N3O3. The summed E-state index contributed by atoms with van der Waals surface area (Å²) in [5.74, 6) is 0.659. The van der Waals surface area contributed by atoms with Crippen LogP contribution in [0, 0.1) is 5.41 Å². The molecule has 2 amide bonds. The van der Waals surface area contributed by atoms with Crippen molar-refractivity contribution in [1.82, 2.24) is 5.32 Å². The van der Waals surface area contributed by atoms with Gasteiger partial charge >= 0.3 is 6.03 Å². The fourth-order valence-corrected chi connectivity index (χ4v) is 5.24. The second-order valence-corrected chi connectivity index (χ2v) is 9.69. The molecule has 1 aliphatic heterocycles. The summed E-state index contributed by atoms with van der Waals surface area (Å²) in [6.07, 6.45) is 7.03. The molecule has 0 saturated heterocycles. The summed E-state index contributed by atoms with van der Waals surface area (Å²) in [6, 6.07) is 10.8. The Morgan fingerprint density at radius 3 is 2.65 bits per heavy atom. The quantitative estimate of drug-likeness (QED) is 0.669. The highest BCUT2D eigenvalue weighted by atomic mass is 16.3. The number of carbonyl (C=O) groups is 2. The van der Waals surface area contributed by atoms with Crippen LogP contribution >= 0.6 is 0 Å². The molecular weight excluding hydrogens is 390 g/mol. The lowest BCUT2D eigenvalue weighted by atomic mass is 9.74. The lowest BCUT2D eigenvalue weighted by Crippen LogP contribution is -2.47. The molecule has 0 radical (unpaired) electrons. The van der Waals surface area contributed by atoms with Crippen molar-refractivity contribution in [2.24, 2.45) is 5.41 Å². The van der Waals surface area contributed by atoms with Crippen LogP contribution < -0.4 is 15.5 Å². The number of nitrogens with one attached hydrogen (secondary N) is 2. The van der Waals surface area contributed by atoms with Gasteiger partial charge in [0.25, 0.3) is 0 Å². The fourth-order valence-electron chi connectivity index (χ4n) is 5.24. The number of carbonyl (C=O) groups excluding carboxylic acids is 2. The first-order valence-corrected chi connectivity index (χ1v) is 11.2. The van der Waals surface area contributed by atoms with E-state index in [9.17, 15) is 9.59 Å². The highest BCUT2D eigenvalue weighted by molar-refractivity contribution is 6.05. The number of nitrogens with zero attached hydrogens (tertiary/aromatic N) is 1. The van der Waals surface area contributed by atoms with Gasteiger partial charge in [0.1, 0.15) is 11.8 Å². The number of benzene rings is 1. The molecule has 162 valence electrons. The number of ketones is 1. The number of allylic oxidation sites excluding steroid dienone is 1. The monoisotopic (exact) mass is 419 g/mol. The van der Waals surface area contributed by atoms with E-state index in [1.165, 1.54) is 0 Å². The zero-order valence-corrected chi connectivity index (χ0v) is 18.1. The smallest absolute Gasteiger partial charge is 0.323 e. The third kappa shape index (κ3) is 3.64. The molecule has 6 heteroatoms. The molecule has 0 spiro atoms. The summed E-state index contributed by atoms with van der Waals surface area (Å²) in [7, 11) is 0. The Morgan fingerprint density at radius 2 is 1.90 bits per heavy atom. The van der Waals surface area contributed by atoms with Crippen LogP contribution in [0.2, 0.25) is 0 Å². The van der Waals surface area contributed by atoms with E-state index in [1.807, 2.05) is 36.4 Å². The van der Waals surface area contributed by atoms with Gasteiger partial charge in [-0.1, -0.05) is 38.8 Å². The van der Waals surface area contributed by atoms with Crippen molar-refractivity contribution >= 4 is 23.2 Å². The zero-order valence-electron chi connectivity index (χ0n) is 18.1. The van der Waals surface area contributed by atoms with Crippen LogP contribution in [0.5, 0.6) is 0 Å². The van der Waals surface area contributed by atoms with Crippen LogP contribution in [0.15, 0.2) is 58.3 Å². The summed E-state index contributed by atoms with van der Waals surface area (Å²) < 4.78 is 5.81. The van der Waals surface area contributed by atoms with Crippen LogP contribution in [0.25, 0.3) is 0 Å². The largest absolute Gasteiger partial charge is 0.467 e. The third-order valence-corrected chi connectivity index (χ3v) is 6.61. The highest BCUT2D eigenvalue weighted by Crippen LogP contribution is 2.48. The van der Waals surface area contributed by atoms with Crippen molar-refractivity contribution in [3.05, 3.63) is 59.7 Å². The van der Waals surface area contributed by atoms with Gasteiger partial charge in [-0.2, -0.15) is 0 Å². The van der Waals surface area contributed by atoms with Crippen LogP contribution in [-0.2, 0) is 4.79 Å². The predicted molar refractivity (Wildman–Crippen MR) is 120 cm³/mol. The molecule has 2 aromatic rings. The van der Waals surface area contributed by atoms with Crippen molar-refractivity contribution < 1.29 is 14.0 Å². The first-order valence-electron chi connectivity index (χ1n) is 11.2. The number of hydrogen-bond donors (Lipinski definition) is 2. The van der Waals surface area contributed by atoms with Crippen LogP contribution in [-0.4, -0.2) is 17.9 Å². The number of urea groups is 1. The number of rotatable bonds is 2. The topological polar surface area (TPSA) is 74.6 Å². The van der Waals surface area contributed by atoms with E-state index < -0.39 is 6.04 Å². The van der Waals surface area contributed by atoms with Crippen molar-refractivity contribution in [2.75, 3.05) is 10.2 Å². The minimum absolute atomic E-state index is 0.0617. The average molecular weight is 420 g/mol. The van der Waals surface area contributed by atoms with Crippen molar-refractivity contribution in [3.8, 4) is 0 Å². The Hall–Kier alpha value is -3.02. The summed E-state index contributed by atoms with van der Waals surface area (Å²) in [6.45, 7) is 4.22. The van der Waals surface area contributed by atoms with Crippen LogP contribution in [0.3, 0.4) is 0 Å². The van der Waals surface area contributed by atoms with E-state index in [0.717, 1.165) is 49.2 Å². The number of para-hydroxylation sites is 2. The maximum atomic E-state index is 13.7. The Bertz CT molecular complexity index is 1030. The third-order valence-electron chi connectivity index (χ3n) is 6.61. The molecule has 0 bridgehead atoms. The van der Waals surface area contributed by atoms with Gasteiger partial charge in [-0.3, -0.25) is 9.69 Å². The van der Waals surface area contributed by atoms with E-state index in [4.69, 9.17) is 4.42 Å². The first kappa shape index (κ1) is 19.9. The Labute approximate surface area is 182 Å². The van der Waals surface area contributed by atoms with Crippen LogP contribution in [0.1, 0.15) is 64.2 Å². The van der Waals surface area contributed by atoms with Crippen molar-refractivity contribution in [2.45, 2.75) is 64.5 Å². The Balaban J connectivity index is 1.67. The molecule has 31 heavy (non-hydrogen) atoms. The molecule has 1 fully saturated rings. The lowest BCUT2D eigenvalue weighted by Gasteiger charge is -2.36. The molecule has 1 aromatic heterocycles. The van der Waals surface area contributed by atoms with E-state index in [1.54, 1.807) is 11.2 Å². The van der Waals surface area contributed by atoms with Gasteiger partial charge < -0.3 is 15.1 Å². The minimum Gasteiger partial charge on any atom is -0.467 e. The molecule has 6 nitrogen and oxygen atoms in total. The molecule has 1 saturated carbocycles. The van der Waals surface area contributed by atoms with Gasteiger partial charge in [0.05, 0.1) is 17.6 Å². The van der Waals surface area contributed by atoms with E-state index in [2.05, 4.69) is 24.5 Å². The maximum Gasteiger partial charge on any atom is 0.323 e. The highest BCUT2D eigenvalue weighted by Gasteiger charge is 2.44. The van der Waals surface area contributed by atoms with Gasteiger partial charge in [-0.25, -0.2) is 4.79 Å². The summed E-state index contributed by atoms with van der Waals surface area (Å²) >= 11 is 0. The average Bonchev–Trinajstić information content (AvgIpc) is 3.39. The number of furan rings is 1. The number of Topliss-reactive ketones (excluding diaryl/α,β-unsaturated/α-hetero) is 1. The minimum atomic E-state index is -0.605. The lowest BCUT2D eigenvalue weighted by molar-refractivity contribution is -0.118. The van der Waals surface area contributed by atoms with Gasteiger partial charge in [0, 0.05) is 23.7 Å². The van der Waals surface area contributed by atoms with Gasteiger partial charge in [-0.15, -0.1) is 0 Å². The molecule has 2 heterocycles. The molecule has 3 aliphatic rings. The Kier molecular flexibility index (Phi) is 4.88. The zero-order chi connectivity index (χ0) is 21.6. The first-order chi connectivity index (χ1) is 14.9. The fraction of sp³-hybridized carbons (Fsp3) is 0.440. The standard InChI is InChI=1S/C25H29N3O3/c1-25(2)14-18-22(20(29)15-25)23(21-12-7-13-31-21)28(19-11-6-5-10-17(19)27-18)24(30)26-16-8-3-4-9-16/h5-7,10-13,16,23,27H,3-4,8-9,14-15H2,1-2H3,(H,26,30)/t23-/m1/s1. The normalized spacial score (nSPS) is 23.1. The number of amides is 2.